The normalized spacial score (nSPS) is 24.0. The van der Waals surface area contributed by atoms with Crippen molar-refractivity contribution in [2.45, 2.75) is 45.3 Å². The molecule has 0 atom stereocenters. The Morgan fingerprint density at radius 3 is 2.50 bits per heavy atom. The Morgan fingerprint density at radius 1 is 1.28 bits per heavy atom. The third-order valence-electron chi connectivity index (χ3n) is 4.15. The molecule has 1 aliphatic carbocycles. The van der Waals surface area contributed by atoms with Crippen molar-refractivity contribution in [3.63, 3.8) is 0 Å². The highest BCUT2D eigenvalue weighted by molar-refractivity contribution is 9.10. The average Bonchev–Trinajstić information content (AvgIpc) is 2.38. The van der Waals surface area contributed by atoms with Crippen molar-refractivity contribution < 1.29 is 5.11 Å². The van der Waals surface area contributed by atoms with Crippen LogP contribution in [0.3, 0.4) is 0 Å². The van der Waals surface area contributed by atoms with Crippen LogP contribution in [0.1, 0.15) is 38.2 Å². The Hall–Kier alpha value is -0.540. The number of nitrogens with zero attached hydrogens (tertiary/aromatic N) is 1. The molecule has 1 aliphatic rings. The maximum Gasteiger partial charge on any atom is 0.0692 e. The van der Waals surface area contributed by atoms with Crippen molar-refractivity contribution >= 4 is 21.6 Å². The van der Waals surface area contributed by atoms with Crippen molar-refractivity contribution in [1.82, 2.24) is 0 Å². The second-order valence-electron chi connectivity index (χ2n) is 5.46. The standard InChI is InChI=1S/C15H22BrNO/c1-11-3-6-13(7-4-11)17(2)14-8-5-12(10-18)15(16)9-14/h5,8-9,11,13,18H,3-4,6-7,10H2,1-2H3. The smallest absolute Gasteiger partial charge is 0.0692 e. The fourth-order valence-corrected chi connectivity index (χ4v) is 3.22. The maximum absolute atomic E-state index is 9.18. The molecule has 0 spiro atoms. The zero-order valence-corrected chi connectivity index (χ0v) is 12.8. The van der Waals surface area contributed by atoms with Gasteiger partial charge in [-0.2, -0.15) is 0 Å². The lowest BCUT2D eigenvalue weighted by Crippen LogP contribution is -2.34. The van der Waals surface area contributed by atoms with Gasteiger partial charge in [0.25, 0.3) is 0 Å². The Morgan fingerprint density at radius 2 is 1.94 bits per heavy atom. The summed E-state index contributed by atoms with van der Waals surface area (Å²) < 4.78 is 0.999. The van der Waals surface area contributed by atoms with E-state index in [1.807, 2.05) is 6.07 Å². The maximum atomic E-state index is 9.18. The Balaban J connectivity index is 2.08. The van der Waals surface area contributed by atoms with Gasteiger partial charge in [0.15, 0.2) is 0 Å². The fourth-order valence-electron chi connectivity index (χ4n) is 2.72. The van der Waals surface area contributed by atoms with Gasteiger partial charge in [-0.1, -0.05) is 28.9 Å². The third kappa shape index (κ3) is 3.07. The minimum absolute atomic E-state index is 0.0888. The summed E-state index contributed by atoms with van der Waals surface area (Å²) in [6, 6.07) is 6.88. The molecule has 100 valence electrons. The fraction of sp³-hybridized carbons (Fsp3) is 0.600. The zero-order chi connectivity index (χ0) is 13.1. The largest absolute Gasteiger partial charge is 0.392 e. The van der Waals surface area contributed by atoms with Gasteiger partial charge < -0.3 is 10.0 Å². The molecule has 0 aromatic heterocycles. The number of anilines is 1. The number of halogens is 1. The van der Waals surface area contributed by atoms with Crippen LogP contribution < -0.4 is 4.90 Å². The number of benzene rings is 1. The molecule has 0 aliphatic heterocycles. The highest BCUT2D eigenvalue weighted by Gasteiger charge is 2.22. The number of hydrogen-bond acceptors (Lipinski definition) is 2. The third-order valence-corrected chi connectivity index (χ3v) is 4.89. The van der Waals surface area contributed by atoms with Gasteiger partial charge in [-0.25, -0.2) is 0 Å². The Labute approximate surface area is 118 Å². The van der Waals surface area contributed by atoms with Gasteiger partial charge in [0, 0.05) is 23.2 Å². The molecule has 1 aromatic rings. The number of aliphatic hydroxyl groups is 1. The van der Waals surface area contributed by atoms with Gasteiger partial charge in [-0.05, 0) is 49.3 Å². The number of rotatable bonds is 3. The van der Waals surface area contributed by atoms with E-state index < -0.39 is 0 Å². The summed E-state index contributed by atoms with van der Waals surface area (Å²) in [7, 11) is 2.18. The summed E-state index contributed by atoms with van der Waals surface area (Å²) in [6.45, 7) is 2.44. The van der Waals surface area contributed by atoms with Crippen LogP contribution >= 0.6 is 15.9 Å². The highest BCUT2D eigenvalue weighted by atomic mass is 79.9. The van der Waals surface area contributed by atoms with Crippen LogP contribution in [0.4, 0.5) is 5.69 Å². The molecule has 1 aromatic carbocycles. The molecule has 1 fully saturated rings. The molecule has 1 N–H and O–H groups in total. The first-order chi connectivity index (χ1) is 8.61. The van der Waals surface area contributed by atoms with E-state index in [0.29, 0.717) is 6.04 Å². The Kier molecular flexibility index (Phi) is 4.68. The SMILES string of the molecule is CC1CCC(N(C)c2ccc(CO)c(Br)c2)CC1. The second kappa shape index (κ2) is 6.07. The van der Waals surface area contributed by atoms with Gasteiger partial charge in [0.2, 0.25) is 0 Å². The van der Waals surface area contributed by atoms with E-state index in [1.165, 1.54) is 31.4 Å². The monoisotopic (exact) mass is 311 g/mol. The van der Waals surface area contributed by atoms with E-state index >= 15 is 0 Å². The lowest BCUT2D eigenvalue weighted by atomic mass is 9.86. The summed E-state index contributed by atoms with van der Waals surface area (Å²) in [5.74, 6) is 0.887. The van der Waals surface area contributed by atoms with Gasteiger partial charge in [0.1, 0.15) is 0 Å². The molecule has 0 unspecified atom stereocenters. The summed E-state index contributed by atoms with van der Waals surface area (Å²) in [4.78, 5) is 2.39. The molecular formula is C15H22BrNO. The lowest BCUT2D eigenvalue weighted by Gasteiger charge is -2.35. The van der Waals surface area contributed by atoms with Crippen molar-refractivity contribution in [2.24, 2.45) is 5.92 Å². The predicted molar refractivity (Wildman–Crippen MR) is 79.9 cm³/mol. The van der Waals surface area contributed by atoms with Crippen LogP contribution in [-0.4, -0.2) is 18.2 Å². The van der Waals surface area contributed by atoms with E-state index in [1.54, 1.807) is 0 Å². The molecule has 0 radical (unpaired) electrons. The van der Waals surface area contributed by atoms with Crippen LogP contribution in [0.5, 0.6) is 0 Å². The van der Waals surface area contributed by atoms with Gasteiger partial charge in [-0.15, -0.1) is 0 Å². The first-order valence-electron chi connectivity index (χ1n) is 6.74. The summed E-state index contributed by atoms with van der Waals surface area (Å²) >= 11 is 3.52. The number of hydrogen-bond donors (Lipinski definition) is 1. The quantitative estimate of drug-likeness (QED) is 0.913. The van der Waals surface area contributed by atoms with Crippen molar-refractivity contribution in [2.75, 3.05) is 11.9 Å². The second-order valence-corrected chi connectivity index (χ2v) is 6.31. The Bertz CT molecular complexity index is 399. The van der Waals surface area contributed by atoms with E-state index in [-0.39, 0.29) is 6.61 Å². The van der Waals surface area contributed by atoms with Crippen molar-refractivity contribution in [3.05, 3.63) is 28.2 Å². The van der Waals surface area contributed by atoms with Gasteiger partial charge in [0.05, 0.1) is 6.61 Å². The van der Waals surface area contributed by atoms with Crippen molar-refractivity contribution in [1.29, 1.82) is 0 Å². The molecule has 0 bridgehead atoms. The van der Waals surface area contributed by atoms with Crippen LogP contribution in [0.25, 0.3) is 0 Å². The van der Waals surface area contributed by atoms with Crippen LogP contribution in [-0.2, 0) is 6.61 Å². The predicted octanol–water partition coefficient (Wildman–Crippen LogP) is 3.96. The molecule has 3 heteroatoms. The van der Waals surface area contributed by atoms with Gasteiger partial charge >= 0.3 is 0 Å². The minimum Gasteiger partial charge on any atom is -0.392 e. The van der Waals surface area contributed by atoms with E-state index in [0.717, 1.165) is 16.0 Å². The topological polar surface area (TPSA) is 23.5 Å². The molecule has 0 heterocycles. The molecular weight excluding hydrogens is 290 g/mol. The molecule has 0 amide bonds. The lowest BCUT2D eigenvalue weighted by molar-refractivity contribution is 0.281. The van der Waals surface area contributed by atoms with Crippen LogP contribution in [0.15, 0.2) is 22.7 Å². The average molecular weight is 312 g/mol. The molecule has 2 rings (SSSR count). The molecule has 0 saturated heterocycles. The summed E-state index contributed by atoms with van der Waals surface area (Å²) in [5.41, 5.74) is 2.18. The van der Waals surface area contributed by atoms with E-state index in [2.05, 4.69) is 46.9 Å². The van der Waals surface area contributed by atoms with Crippen LogP contribution in [0, 0.1) is 5.92 Å². The first-order valence-corrected chi connectivity index (χ1v) is 7.53. The van der Waals surface area contributed by atoms with E-state index in [9.17, 15) is 5.11 Å². The zero-order valence-electron chi connectivity index (χ0n) is 11.2. The highest BCUT2D eigenvalue weighted by Crippen LogP contribution is 2.31. The van der Waals surface area contributed by atoms with E-state index in [4.69, 9.17) is 0 Å². The van der Waals surface area contributed by atoms with Crippen LogP contribution in [0.2, 0.25) is 0 Å². The number of aliphatic hydroxyl groups excluding tert-OH is 1. The van der Waals surface area contributed by atoms with Gasteiger partial charge in [-0.3, -0.25) is 0 Å². The summed E-state index contributed by atoms with van der Waals surface area (Å²) in [6.07, 6.45) is 5.25. The molecule has 1 saturated carbocycles. The minimum atomic E-state index is 0.0888. The first kappa shape index (κ1) is 13.9. The molecule has 2 nitrogen and oxygen atoms in total. The van der Waals surface area contributed by atoms with Crippen molar-refractivity contribution in [3.8, 4) is 0 Å². The molecule has 18 heavy (non-hydrogen) atoms. The summed E-state index contributed by atoms with van der Waals surface area (Å²) in [5, 5.41) is 9.18.